The number of ether oxygens (including phenoxy) is 2. The molecule has 0 radical (unpaired) electrons. The predicted octanol–water partition coefficient (Wildman–Crippen LogP) is 4.46. The molecule has 0 unspecified atom stereocenters. The van der Waals surface area contributed by atoms with Gasteiger partial charge in [-0.3, -0.25) is 0 Å². The van der Waals surface area contributed by atoms with Crippen LogP contribution in [0.2, 0.25) is 0 Å². The number of esters is 1. The molecule has 3 rings (SSSR count). The van der Waals surface area contributed by atoms with Crippen molar-refractivity contribution < 1.29 is 23.5 Å². The summed E-state index contributed by atoms with van der Waals surface area (Å²) in [4.78, 5) is 37.0. The molecule has 7 heteroatoms. The summed E-state index contributed by atoms with van der Waals surface area (Å²) in [5, 5.41) is 4.53. The van der Waals surface area contributed by atoms with Crippen molar-refractivity contribution >= 4 is 33.8 Å². The molecule has 0 saturated heterocycles. The second-order valence-corrected chi connectivity index (χ2v) is 8.03. The first-order valence-electron chi connectivity index (χ1n) is 9.77. The van der Waals surface area contributed by atoms with Gasteiger partial charge in [0.2, 0.25) is 0 Å². The average Bonchev–Trinajstić information content (AvgIpc) is 2.67. The summed E-state index contributed by atoms with van der Waals surface area (Å²) in [6.07, 6.45) is -0.372. The quantitative estimate of drug-likeness (QED) is 0.295. The molecule has 0 bridgehead atoms. The Balaban J connectivity index is 1.89. The van der Waals surface area contributed by atoms with Gasteiger partial charge in [-0.25, -0.2) is 14.4 Å². The van der Waals surface area contributed by atoms with Crippen LogP contribution in [0.15, 0.2) is 45.6 Å². The number of benzene rings is 2. The minimum Gasteiger partial charge on any atom is -0.444 e. The van der Waals surface area contributed by atoms with E-state index in [0.717, 1.165) is 10.8 Å². The second-order valence-electron chi connectivity index (χ2n) is 8.03. The molecule has 30 heavy (non-hydrogen) atoms. The van der Waals surface area contributed by atoms with Crippen LogP contribution in [0.5, 0.6) is 5.75 Å². The molecule has 158 valence electrons. The smallest absolute Gasteiger partial charge is 0.408 e. The molecule has 0 spiro atoms. The molecule has 1 N–H and O–H groups in total. The van der Waals surface area contributed by atoms with E-state index in [-0.39, 0.29) is 5.75 Å². The lowest BCUT2D eigenvalue weighted by atomic mass is 10.0. The maximum atomic E-state index is 12.6. The van der Waals surface area contributed by atoms with E-state index in [4.69, 9.17) is 13.9 Å². The van der Waals surface area contributed by atoms with Crippen LogP contribution in [0, 0.1) is 6.92 Å². The van der Waals surface area contributed by atoms with Gasteiger partial charge in [-0.2, -0.15) is 0 Å². The zero-order chi connectivity index (χ0) is 22.1. The highest BCUT2D eigenvalue weighted by Crippen LogP contribution is 2.31. The van der Waals surface area contributed by atoms with Crippen molar-refractivity contribution in [1.29, 1.82) is 0 Å². The molecule has 2 aromatic carbocycles. The monoisotopic (exact) mass is 411 g/mol. The fraction of sp³-hybridized carbons (Fsp3) is 0.348. The number of alkyl carbamates (subject to hydrolysis) is 1. The molecule has 1 atom stereocenters. The summed E-state index contributed by atoms with van der Waals surface area (Å²) in [6.45, 7) is 8.68. The number of hydrogen-bond acceptors (Lipinski definition) is 6. The van der Waals surface area contributed by atoms with Crippen molar-refractivity contribution in [3.8, 4) is 5.75 Å². The van der Waals surface area contributed by atoms with Crippen molar-refractivity contribution in [1.82, 2.24) is 5.32 Å². The molecule has 1 aromatic heterocycles. The highest BCUT2D eigenvalue weighted by atomic mass is 16.6. The van der Waals surface area contributed by atoms with Gasteiger partial charge in [0.1, 0.15) is 23.0 Å². The normalized spacial score (nSPS) is 12.6. The molecule has 3 aromatic rings. The molecule has 1 heterocycles. The van der Waals surface area contributed by atoms with Crippen molar-refractivity contribution in [2.45, 2.75) is 52.7 Å². The third-order valence-electron chi connectivity index (χ3n) is 4.58. The first-order valence-corrected chi connectivity index (χ1v) is 9.77. The molecule has 0 fully saturated rings. The number of fused-ring (bicyclic) bond motifs is 3. The summed E-state index contributed by atoms with van der Waals surface area (Å²) >= 11 is 0. The highest BCUT2D eigenvalue weighted by molar-refractivity contribution is 6.05. The Kier molecular flexibility index (Phi) is 5.82. The van der Waals surface area contributed by atoms with Crippen LogP contribution < -0.4 is 15.7 Å². The van der Waals surface area contributed by atoms with Gasteiger partial charge in [-0.1, -0.05) is 25.1 Å². The summed E-state index contributed by atoms with van der Waals surface area (Å²) < 4.78 is 16.2. The Morgan fingerprint density at radius 3 is 2.37 bits per heavy atom. The van der Waals surface area contributed by atoms with Crippen molar-refractivity contribution in [3.05, 3.63) is 52.4 Å². The molecular formula is C23H25NO6. The molecular weight excluding hydrogens is 386 g/mol. The zero-order valence-corrected chi connectivity index (χ0v) is 17.7. The summed E-state index contributed by atoms with van der Waals surface area (Å²) in [6, 6.07) is 9.70. The standard InChI is InChI=1S/C23H25NO6/c1-6-17(24-22(27)30-23(3,4)5)21(26)28-18-12-11-15-14-9-7-8-10-16(14)20(25)29-19(15)13(18)2/h7-12,17H,6H2,1-5H3,(H,24,27)/t17-/m1/s1. The molecule has 7 nitrogen and oxygen atoms in total. The molecule has 0 aliphatic heterocycles. The minimum absolute atomic E-state index is 0.260. The van der Waals surface area contributed by atoms with Gasteiger partial charge in [0.05, 0.1) is 5.39 Å². The van der Waals surface area contributed by atoms with Crippen LogP contribution in [0.3, 0.4) is 0 Å². The molecule has 0 aliphatic rings. The van der Waals surface area contributed by atoms with Gasteiger partial charge in [0.15, 0.2) is 0 Å². The fourth-order valence-electron chi connectivity index (χ4n) is 3.13. The van der Waals surface area contributed by atoms with Gasteiger partial charge in [-0.15, -0.1) is 0 Å². The fourth-order valence-corrected chi connectivity index (χ4v) is 3.13. The Hall–Kier alpha value is -3.35. The van der Waals surface area contributed by atoms with E-state index >= 15 is 0 Å². The van der Waals surface area contributed by atoms with Crippen LogP contribution in [0.1, 0.15) is 39.7 Å². The molecule has 0 aliphatic carbocycles. The van der Waals surface area contributed by atoms with Gasteiger partial charge < -0.3 is 19.2 Å². The Morgan fingerprint density at radius 1 is 1.07 bits per heavy atom. The van der Waals surface area contributed by atoms with Crippen LogP contribution in [-0.2, 0) is 9.53 Å². The van der Waals surface area contributed by atoms with E-state index in [2.05, 4.69) is 5.32 Å². The van der Waals surface area contributed by atoms with Crippen LogP contribution >= 0.6 is 0 Å². The van der Waals surface area contributed by atoms with E-state index < -0.39 is 29.3 Å². The summed E-state index contributed by atoms with van der Waals surface area (Å²) in [7, 11) is 0. The first kappa shape index (κ1) is 21.4. The number of rotatable bonds is 4. The lowest BCUT2D eigenvalue weighted by Gasteiger charge is -2.22. The van der Waals surface area contributed by atoms with Gasteiger partial charge in [0, 0.05) is 10.9 Å². The number of amides is 1. The van der Waals surface area contributed by atoms with Crippen molar-refractivity contribution in [2.75, 3.05) is 0 Å². The van der Waals surface area contributed by atoms with E-state index in [9.17, 15) is 14.4 Å². The van der Waals surface area contributed by atoms with Crippen molar-refractivity contribution in [3.63, 3.8) is 0 Å². The topological polar surface area (TPSA) is 94.8 Å². The third kappa shape index (κ3) is 4.45. The van der Waals surface area contributed by atoms with E-state index in [1.165, 1.54) is 0 Å². The van der Waals surface area contributed by atoms with Gasteiger partial charge in [-0.05, 0) is 57.7 Å². The Labute approximate surface area is 174 Å². The van der Waals surface area contributed by atoms with E-state index in [1.807, 2.05) is 12.1 Å². The molecule has 1 amide bonds. The van der Waals surface area contributed by atoms with E-state index in [0.29, 0.717) is 23.0 Å². The lowest BCUT2D eigenvalue weighted by Crippen LogP contribution is -2.44. The minimum atomic E-state index is -0.876. The van der Waals surface area contributed by atoms with Crippen LogP contribution in [0.25, 0.3) is 21.7 Å². The van der Waals surface area contributed by atoms with E-state index in [1.54, 1.807) is 58.9 Å². The summed E-state index contributed by atoms with van der Waals surface area (Å²) in [5.41, 5.74) is -0.252. The number of hydrogen-bond donors (Lipinski definition) is 1. The van der Waals surface area contributed by atoms with Gasteiger partial charge in [0.25, 0.3) is 0 Å². The maximum Gasteiger partial charge on any atom is 0.408 e. The predicted molar refractivity (Wildman–Crippen MR) is 114 cm³/mol. The van der Waals surface area contributed by atoms with Crippen LogP contribution in [-0.4, -0.2) is 23.7 Å². The lowest BCUT2D eigenvalue weighted by molar-refractivity contribution is -0.136. The maximum absolute atomic E-state index is 12.6. The SMILES string of the molecule is CC[C@@H](NC(=O)OC(C)(C)C)C(=O)Oc1ccc2c(oc(=O)c3ccccc32)c1C. The number of aryl methyl sites for hydroxylation is 1. The zero-order valence-electron chi connectivity index (χ0n) is 17.7. The number of carbonyl (C=O) groups is 2. The Bertz CT molecular complexity index is 1170. The first-order chi connectivity index (χ1) is 14.1. The largest absolute Gasteiger partial charge is 0.444 e. The number of carbonyl (C=O) groups excluding carboxylic acids is 2. The molecule has 0 saturated carbocycles. The second kappa shape index (κ2) is 8.18. The Morgan fingerprint density at radius 2 is 1.73 bits per heavy atom. The van der Waals surface area contributed by atoms with Gasteiger partial charge >= 0.3 is 17.7 Å². The van der Waals surface area contributed by atoms with Crippen molar-refractivity contribution in [2.24, 2.45) is 0 Å². The number of nitrogens with one attached hydrogen (secondary N) is 1. The average molecular weight is 411 g/mol. The third-order valence-corrected chi connectivity index (χ3v) is 4.58. The van der Waals surface area contributed by atoms with Crippen LogP contribution in [0.4, 0.5) is 4.79 Å². The highest BCUT2D eigenvalue weighted by Gasteiger charge is 2.25. The summed E-state index contributed by atoms with van der Waals surface area (Å²) in [5.74, 6) is -0.371.